The van der Waals surface area contributed by atoms with Crippen molar-refractivity contribution in [3.63, 3.8) is 0 Å². The number of rotatable bonds is 1. The van der Waals surface area contributed by atoms with Gasteiger partial charge in [0.1, 0.15) is 6.29 Å². The molecule has 0 heterocycles. The molecule has 0 saturated carbocycles. The predicted octanol–water partition coefficient (Wildman–Crippen LogP) is 3.12. The Balaban J connectivity index is 3.20. The fraction of sp³-hybridized carbons (Fsp3) is 0.583. The molecule has 1 nitrogen and oxygen atoms in total. The number of hydrogen-bond donors (Lipinski definition) is 0. The lowest BCUT2D eigenvalue weighted by Gasteiger charge is -2.29. The first kappa shape index (κ1) is 10.2. The zero-order valence-corrected chi connectivity index (χ0v) is 9.14. The first-order valence-electron chi connectivity index (χ1n) is 4.83. The van der Waals surface area contributed by atoms with Crippen molar-refractivity contribution in [1.29, 1.82) is 0 Å². The van der Waals surface area contributed by atoms with Gasteiger partial charge in [-0.05, 0) is 32.3 Å². The van der Waals surface area contributed by atoms with Gasteiger partial charge in [-0.1, -0.05) is 30.6 Å². The van der Waals surface area contributed by atoms with Crippen LogP contribution in [0.1, 0.15) is 34.6 Å². The summed E-state index contributed by atoms with van der Waals surface area (Å²) in [7, 11) is 0. The molecule has 1 rings (SSSR count). The smallest absolute Gasteiger partial charge is 0.146 e. The van der Waals surface area contributed by atoms with E-state index in [0.29, 0.717) is 11.8 Å². The lowest BCUT2D eigenvalue weighted by atomic mass is 9.76. The van der Waals surface area contributed by atoms with E-state index < -0.39 is 0 Å². The summed E-state index contributed by atoms with van der Waals surface area (Å²) in [5.41, 5.74) is 5.01. The first-order chi connectivity index (χ1) is 6.00. The fourth-order valence-electron chi connectivity index (χ4n) is 2.03. The second kappa shape index (κ2) is 3.49. The molecule has 0 aromatic rings. The highest BCUT2D eigenvalue weighted by Gasteiger charge is 2.24. The summed E-state index contributed by atoms with van der Waals surface area (Å²) in [4.78, 5) is 10.9. The summed E-state index contributed by atoms with van der Waals surface area (Å²) in [5, 5.41) is 0. The molecule has 0 aromatic carbocycles. The van der Waals surface area contributed by atoms with Gasteiger partial charge in [0.15, 0.2) is 0 Å². The standard InChI is InChI=1S/C12H18O/c1-7-8(2)10(4)12(6-13)11(5)9(7)3/h6,8,11H,1-5H3. The van der Waals surface area contributed by atoms with Gasteiger partial charge in [0, 0.05) is 5.92 Å². The lowest BCUT2D eigenvalue weighted by Crippen LogP contribution is -2.18. The van der Waals surface area contributed by atoms with Crippen LogP contribution in [0.25, 0.3) is 0 Å². The normalized spacial score (nSPS) is 29.6. The van der Waals surface area contributed by atoms with Crippen LogP contribution in [-0.2, 0) is 4.79 Å². The summed E-state index contributed by atoms with van der Waals surface area (Å²) in [6.45, 7) is 10.6. The van der Waals surface area contributed by atoms with E-state index in [2.05, 4.69) is 34.6 Å². The summed E-state index contributed by atoms with van der Waals surface area (Å²) in [5.74, 6) is 0.755. The van der Waals surface area contributed by atoms with E-state index in [-0.39, 0.29) is 0 Å². The highest BCUT2D eigenvalue weighted by molar-refractivity contribution is 5.77. The maximum absolute atomic E-state index is 10.9. The molecule has 1 heteroatoms. The Morgan fingerprint density at radius 2 is 1.38 bits per heavy atom. The Labute approximate surface area is 80.5 Å². The number of carbonyl (C=O) groups excluding carboxylic acids is 1. The van der Waals surface area contributed by atoms with E-state index in [1.807, 2.05) is 0 Å². The van der Waals surface area contributed by atoms with Crippen LogP contribution in [0.2, 0.25) is 0 Å². The molecule has 0 spiro atoms. The lowest BCUT2D eigenvalue weighted by molar-refractivity contribution is -0.105. The van der Waals surface area contributed by atoms with Crippen molar-refractivity contribution in [2.24, 2.45) is 11.8 Å². The molecule has 0 fully saturated rings. The average molecular weight is 178 g/mol. The van der Waals surface area contributed by atoms with Crippen LogP contribution in [0.5, 0.6) is 0 Å². The van der Waals surface area contributed by atoms with E-state index >= 15 is 0 Å². The molecule has 0 radical (unpaired) electrons. The van der Waals surface area contributed by atoms with Crippen LogP contribution in [-0.4, -0.2) is 6.29 Å². The molecule has 1 aliphatic carbocycles. The van der Waals surface area contributed by atoms with Gasteiger partial charge in [0.2, 0.25) is 0 Å². The molecular weight excluding hydrogens is 160 g/mol. The molecule has 0 aromatic heterocycles. The summed E-state index contributed by atoms with van der Waals surface area (Å²) in [6, 6.07) is 0. The predicted molar refractivity (Wildman–Crippen MR) is 55.5 cm³/mol. The van der Waals surface area contributed by atoms with E-state index in [1.165, 1.54) is 16.7 Å². The summed E-state index contributed by atoms with van der Waals surface area (Å²) >= 11 is 0. The quantitative estimate of drug-likeness (QED) is 0.445. The number of aldehydes is 1. The molecule has 13 heavy (non-hydrogen) atoms. The zero-order chi connectivity index (χ0) is 10.2. The van der Waals surface area contributed by atoms with Gasteiger partial charge in [0.05, 0.1) is 0 Å². The Kier molecular flexibility index (Phi) is 2.74. The van der Waals surface area contributed by atoms with Gasteiger partial charge in [-0.25, -0.2) is 0 Å². The second-order valence-corrected chi connectivity index (χ2v) is 4.07. The van der Waals surface area contributed by atoms with Gasteiger partial charge in [-0.2, -0.15) is 0 Å². The molecule has 2 unspecified atom stereocenters. The summed E-state index contributed by atoms with van der Waals surface area (Å²) < 4.78 is 0. The fourth-order valence-corrected chi connectivity index (χ4v) is 2.03. The molecule has 2 atom stereocenters. The van der Waals surface area contributed by atoms with E-state index in [4.69, 9.17) is 0 Å². The van der Waals surface area contributed by atoms with Crippen LogP contribution in [0, 0.1) is 11.8 Å². The maximum Gasteiger partial charge on any atom is 0.146 e. The third kappa shape index (κ3) is 1.48. The van der Waals surface area contributed by atoms with Crippen LogP contribution in [0.3, 0.4) is 0 Å². The van der Waals surface area contributed by atoms with E-state index in [1.54, 1.807) is 0 Å². The third-order valence-electron chi connectivity index (χ3n) is 3.62. The number of allylic oxidation sites excluding steroid dienone is 4. The van der Waals surface area contributed by atoms with Gasteiger partial charge in [0.25, 0.3) is 0 Å². The largest absolute Gasteiger partial charge is 0.298 e. The van der Waals surface area contributed by atoms with Crippen LogP contribution >= 0.6 is 0 Å². The molecule has 1 aliphatic rings. The minimum absolute atomic E-state index is 0.314. The Bertz CT molecular complexity index is 294. The third-order valence-corrected chi connectivity index (χ3v) is 3.62. The van der Waals surface area contributed by atoms with Gasteiger partial charge in [-0.15, -0.1) is 0 Å². The van der Waals surface area contributed by atoms with E-state index in [9.17, 15) is 4.79 Å². The molecule has 0 saturated heterocycles. The number of carbonyl (C=O) groups is 1. The zero-order valence-electron chi connectivity index (χ0n) is 9.14. The minimum atomic E-state index is 0.314. The maximum atomic E-state index is 10.9. The van der Waals surface area contributed by atoms with Crippen molar-refractivity contribution in [2.45, 2.75) is 34.6 Å². The second-order valence-electron chi connectivity index (χ2n) is 4.07. The van der Waals surface area contributed by atoms with Crippen LogP contribution in [0.4, 0.5) is 0 Å². The van der Waals surface area contributed by atoms with Crippen LogP contribution < -0.4 is 0 Å². The Morgan fingerprint density at radius 3 is 1.85 bits per heavy atom. The van der Waals surface area contributed by atoms with Crippen LogP contribution in [0.15, 0.2) is 22.3 Å². The highest BCUT2D eigenvalue weighted by atomic mass is 16.1. The van der Waals surface area contributed by atoms with Crippen molar-refractivity contribution in [1.82, 2.24) is 0 Å². The molecule has 0 N–H and O–H groups in total. The van der Waals surface area contributed by atoms with Crippen molar-refractivity contribution < 1.29 is 4.79 Å². The Morgan fingerprint density at radius 1 is 0.923 bits per heavy atom. The van der Waals surface area contributed by atoms with Gasteiger partial charge >= 0.3 is 0 Å². The molecular formula is C12H18O. The average Bonchev–Trinajstić information content (AvgIpc) is 2.13. The van der Waals surface area contributed by atoms with Crippen molar-refractivity contribution in [3.8, 4) is 0 Å². The monoisotopic (exact) mass is 178 g/mol. The van der Waals surface area contributed by atoms with Crippen molar-refractivity contribution >= 4 is 6.29 Å². The van der Waals surface area contributed by atoms with Crippen molar-refractivity contribution in [3.05, 3.63) is 22.3 Å². The molecule has 0 bridgehead atoms. The highest BCUT2D eigenvalue weighted by Crippen LogP contribution is 2.36. The SMILES string of the molecule is CC1=C(C)C(C)C(C=O)=C(C)C1C. The molecule has 72 valence electrons. The topological polar surface area (TPSA) is 17.1 Å². The molecule has 0 amide bonds. The minimum Gasteiger partial charge on any atom is -0.298 e. The van der Waals surface area contributed by atoms with Crippen molar-refractivity contribution in [2.75, 3.05) is 0 Å². The van der Waals surface area contributed by atoms with E-state index in [0.717, 1.165) is 11.9 Å². The first-order valence-corrected chi connectivity index (χ1v) is 4.83. The summed E-state index contributed by atoms with van der Waals surface area (Å²) in [6.07, 6.45) is 1.02. The van der Waals surface area contributed by atoms with Gasteiger partial charge in [-0.3, -0.25) is 4.79 Å². The molecule has 0 aliphatic heterocycles. The number of hydrogen-bond acceptors (Lipinski definition) is 1. The van der Waals surface area contributed by atoms with Gasteiger partial charge < -0.3 is 0 Å². The Hall–Kier alpha value is -0.850.